The second kappa shape index (κ2) is 8.51. The minimum atomic E-state index is -0.107. The molecule has 0 aromatic carbocycles. The van der Waals surface area contributed by atoms with E-state index in [1.165, 1.54) is 5.57 Å². The molecule has 0 spiro atoms. The Balaban J connectivity index is 4.77. The fourth-order valence-corrected chi connectivity index (χ4v) is 1.73. The van der Waals surface area contributed by atoms with Gasteiger partial charge in [0.15, 0.2) is 0 Å². The maximum Gasteiger partial charge on any atom is 0.333 e. The molecule has 0 aliphatic rings. The number of hydrogen-bond acceptors (Lipinski definition) is 2. The Labute approximate surface area is 93.7 Å². The van der Waals surface area contributed by atoms with Gasteiger partial charge in [-0.05, 0) is 26.2 Å². The van der Waals surface area contributed by atoms with Crippen molar-refractivity contribution in [3.8, 4) is 0 Å². The summed E-state index contributed by atoms with van der Waals surface area (Å²) in [6.45, 7) is 8.67. The predicted molar refractivity (Wildman–Crippen MR) is 63.8 cm³/mol. The Morgan fingerprint density at radius 3 is 2.00 bits per heavy atom. The van der Waals surface area contributed by atoms with E-state index in [0.29, 0.717) is 6.61 Å². The summed E-state index contributed by atoms with van der Waals surface area (Å²) in [5.41, 5.74) is 2.20. The van der Waals surface area contributed by atoms with Crippen LogP contribution >= 0.6 is 0 Å². The molecule has 0 amide bonds. The van der Waals surface area contributed by atoms with Crippen LogP contribution in [0.4, 0.5) is 0 Å². The maximum atomic E-state index is 11.7. The Morgan fingerprint density at radius 1 is 1.00 bits per heavy atom. The van der Waals surface area contributed by atoms with Gasteiger partial charge < -0.3 is 4.74 Å². The van der Waals surface area contributed by atoms with Crippen LogP contribution in [0.1, 0.15) is 59.8 Å². The maximum absolute atomic E-state index is 11.7. The second-order valence-corrected chi connectivity index (χ2v) is 3.66. The molecule has 2 heteroatoms. The number of allylic oxidation sites excluding steroid dienone is 1. The van der Waals surface area contributed by atoms with Crippen molar-refractivity contribution in [3.63, 3.8) is 0 Å². The normalized spacial score (nSPS) is 12.3. The first kappa shape index (κ1) is 14.2. The van der Waals surface area contributed by atoms with E-state index in [4.69, 9.17) is 4.74 Å². The summed E-state index contributed by atoms with van der Waals surface area (Å²) in [5, 5.41) is 0. The van der Waals surface area contributed by atoms with E-state index < -0.39 is 0 Å². The first-order valence-corrected chi connectivity index (χ1v) is 6.09. The van der Waals surface area contributed by atoms with E-state index in [9.17, 15) is 4.79 Å². The lowest BCUT2D eigenvalue weighted by Gasteiger charge is -2.12. The lowest BCUT2D eigenvalue weighted by atomic mass is 9.98. The van der Waals surface area contributed by atoms with Crippen molar-refractivity contribution >= 4 is 5.97 Å². The molecule has 0 bridgehead atoms. The van der Waals surface area contributed by atoms with Crippen molar-refractivity contribution < 1.29 is 9.53 Å². The van der Waals surface area contributed by atoms with Crippen LogP contribution in [0.3, 0.4) is 0 Å². The molecule has 0 saturated heterocycles. The van der Waals surface area contributed by atoms with Crippen LogP contribution in [0.2, 0.25) is 0 Å². The Bertz CT molecular complexity index is 217. The van der Waals surface area contributed by atoms with E-state index in [1.807, 2.05) is 6.92 Å². The van der Waals surface area contributed by atoms with Crippen LogP contribution in [0, 0.1) is 0 Å². The number of esters is 1. The molecule has 15 heavy (non-hydrogen) atoms. The zero-order chi connectivity index (χ0) is 11.7. The highest BCUT2D eigenvalue weighted by Crippen LogP contribution is 2.20. The van der Waals surface area contributed by atoms with Crippen LogP contribution in [0.5, 0.6) is 0 Å². The molecule has 0 heterocycles. The third kappa shape index (κ3) is 5.01. The van der Waals surface area contributed by atoms with Gasteiger partial charge in [0.2, 0.25) is 0 Å². The zero-order valence-corrected chi connectivity index (χ0v) is 10.6. The molecule has 0 rings (SSSR count). The Kier molecular flexibility index (Phi) is 8.06. The van der Waals surface area contributed by atoms with E-state index in [1.54, 1.807) is 0 Å². The average molecular weight is 212 g/mol. The summed E-state index contributed by atoms with van der Waals surface area (Å²) in [6.07, 6.45) is 4.92. The molecule has 0 unspecified atom stereocenters. The summed E-state index contributed by atoms with van der Waals surface area (Å²) in [6, 6.07) is 0. The monoisotopic (exact) mass is 212 g/mol. The van der Waals surface area contributed by atoms with E-state index in [2.05, 4.69) is 20.8 Å². The van der Waals surface area contributed by atoms with Crippen LogP contribution in [0.15, 0.2) is 11.1 Å². The summed E-state index contributed by atoms with van der Waals surface area (Å²) in [4.78, 5) is 11.7. The van der Waals surface area contributed by atoms with Gasteiger partial charge in [-0.3, -0.25) is 0 Å². The van der Waals surface area contributed by atoms with Gasteiger partial charge in [-0.25, -0.2) is 4.79 Å². The quantitative estimate of drug-likeness (QED) is 0.473. The number of hydrogen-bond donors (Lipinski definition) is 0. The van der Waals surface area contributed by atoms with Crippen LogP contribution in [0.25, 0.3) is 0 Å². The minimum Gasteiger partial charge on any atom is -0.463 e. The van der Waals surface area contributed by atoms with Gasteiger partial charge in [-0.15, -0.1) is 0 Å². The van der Waals surface area contributed by atoms with Gasteiger partial charge in [0.05, 0.1) is 6.61 Å². The van der Waals surface area contributed by atoms with Gasteiger partial charge >= 0.3 is 5.97 Å². The molecule has 2 nitrogen and oxygen atoms in total. The molecule has 0 aliphatic heterocycles. The molecule has 0 saturated carbocycles. The summed E-state index contributed by atoms with van der Waals surface area (Å²) in [7, 11) is 0. The van der Waals surface area contributed by atoms with Gasteiger partial charge in [0.25, 0.3) is 0 Å². The van der Waals surface area contributed by atoms with Crippen molar-refractivity contribution in [2.75, 3.05) is 6.61 Å². The fourth-order valence-electron chi connectivity index (χ4n) is 1.73. The largest absolute Gasteiger partial charge is 0.463 e. The number of carbonyl (C=O) groups excluding carboxylic acids is 1. The molecule has 88 valence electrons. The number of ether oxygens (including phenoxy) is 1. The van der Waals surface area contributed by atoms with Crippen molar-refractivity contribution in [3.05, 3.63) is 11.1 Å². The molecule has 0 N–H and O–H groups in total. The van der Waals surface area contributed by atoms with E-state index >= 15 is 0 Å². The van der Waals surface area contributed by atoms with Crippen LogP contribution in [-0.2, 0) is 9.53 Å². The molecule has 0 aromatic heterocycles. The van der Waals surface area contributed by atoms with Crippen LogP contribution < -0.4 is 0 Å². The first-order chi connectivity index (χ1) is 7.21. The summed E-state index contributed by atoms with van der Waals surface area (Å²) >= 11 is 0. The predicted octanol–water partition coefficient (Wildman–Crippen LogP) is 3.86. The molecular weight excluding hydrogens is 188 g/mol. The Morgan fingerprint density at radius 2 is 1.60 bits per heavy atom. The lowest BCUT2D eigenvalue weighted by molar-refractivity contribution is -0.138. The highest BCUT2D eigenvalue weighted by molar-refractivity contribution is 5.89. The van der Waals surface area contributed by atoms with Gasteiger partial charge in [-0.1, -0.05) is 39.2 Å². The number of carbonyl (C=O) groups is 1. The Hall–Kier alpha value is -0.790. The van der Waals surface area contributed by atoms with Gasteiger partial charge in [0.1, 0.15) is 0 Å². The standard InChI is InChI=1S/C13H24O2/c1-5-9-11(7-3)12(10-6-2)13(14)15-8-4/h5-10H2,1-4H3. The van der Waals surface area contributed by atoms with Crippen molar-refractivity contribution in [2.24, 2.45) is 0 Å². The molecule has 0 fully saturated rings. The molecular formula is C13H24O2. The SMILES string of the molecule is CCCC(CC)=C(CCC)C(=O)OCC. The van der Waals surface area contributed by atoms with Gasteiger partial charge in [0, 0.05) is 5.57 Å². The van der Waals surface area contributed by atoms with E-state index in [-0.39, 0.29) is 5.97 Å². The molecule has 0 atom stereocenters. The van der Waals surface area contributed by atoms with Crippen molar-refractivity contribution in [1.82, 2.24) is 0 Å². The topological polar surface area (TPSA) is 26.3 Å². The second-order valence-electron chi connectivity index (χ2n) is 3.66. The van der Waals surface area contributed by atoms with Gasteiger partial charge in [-0.2, -0.15) is 0 Å². The van der Waals surface area contributed by atoms with Crippen molar-refractivity contribution in [1.29, 1.82) is 0 Å². The third-order valence-corrected chi connectivity index (χ3v) is 2.43. The minimum absolute atomic E-state index is 0.107. The fraction of sp³-hybridized carbons (Fsp3) is 0.769. The average Bonchev–Trinajstić information content (AvgIpc) is 2.23. The molecule has 0 aliphatic carbocycles. The first-order valence-electron chi connectivity index (χ1n) is 6.09. The highest BCUT2D eigenvalue weighted by atomic mass is 16.5. The summed E-state index contributed by atoms with van der Waals surface area (Å²) in [5.74, 6) is -0.107. The lowest BCUT2D eigenvalue weighted by Crippen LogP contribution is -2.10. The van der Waals surface area contributed by atoms with Crippen LogP contribution in [-0.4, -0.2) is 12.6 Å². The summed E-state index contributed by atoms with van der Waals surface area (Å²) < 4.78 is 5.09. The molecule has 0 aromatic rings. The van der Waals surface area contributed by atoms with Crippen molar-refractivity contribution in [2.45, 2.75) is 59.8 Å². The smallest absolute Gasteiger partial charge is 0.333 e. The number of rotatable bonds is 7. The third-order valence-electron chi connectivity index (χ3n) is 2.43. The highest BCUT2D eigenvalue weighted by Gasteiger charge is 2.13. The zero-order valence-electron chi connectivity index (χ0n) is 10.6. The molecule has 0 radical (unpaired) electrons. The van der Waals surface area contributed by atoms with E-state index in [0.717, 1.165) is 37.7 Å².